The molecule has 0 radical (unpaired) electrons. The highest BCUT2D eigenvalue weighted by atomic mass is 16.2. The zero-order chi connectivity index (χ0) is 14.7. The molecule has 3 N–H and O–H groups in total. The largest absolute Gasteiger partial charge is 0.326 e. The van der Waals surface area contributed by atoms with Crippen molar-refractivity contribution >= 4 is 11.6 Å². The van der Waals surface area contributed by atoms with Gasteiger partial charge < -0.3 is 11.1 Å². The maximum absolute atomic E-state index is 12.2. The maximum atomic E-state index is 12.2. The number of likely N-dealkylation sites (tertiary alicyclic amines) is 1. The van der Waals surface area contributed by atoms with Crippen LogP contribution in [-0.2, 0) is 11.3 Å². The molecule has 0 bridgehead atoms. The van der Waals surface area contributed by atoms with E-state index in [1.807, 2.05) is 24.3 Å². The van der Waals surface area contributed by atoms with Crippen LogP contribution < -0.4 is 11.1 Å². The SMILES string of the molecule is NCc1ccc(NC(=O)CN2CCCC3CCCC32)cc1. The Kier molecular flexibility index (Phi) is 4.56. The second-order valence-electron chi connectivity index (χ2n) is 6.32. The van der Waals surface area contributed by atoms with Gasteiger partial charge >= 0.3 is 0 Å². The number of carbonyl (C=O) groups is 1. The summed E-state index contributed by atoms with van der Waals surface area (Å²) in [5.74, 6) is 0.929. The van der Waals surface area contributed by atoms with E-state index in [4.69, 9.17) is 5.73 Å². The number of hydrogen-bond donors (Lipinski definition) is 2. The van der Waals surface area contributed by atoms with Gasteiger partial charge in [-0.15, -0.1) is 0 Å². The third kappa shape index (κ3) is 3.44. The minimum atomic E-state index is 0.100. The van der Waals surface area contributed by atoms with Gasteiger partial charge in [0.05, 0.1) is 6.54 Å². The summed E-state index contributed by atoms with van der Waals surface area (Å²) >= 11 is 0. The number of carbonyl (C=O) groups excluding carboxylic acids is 1. The number of amides is 1. The Morgan fingerprint density at radius 3 is 2.71 bits per heavy atom. The smallest absolute Gasteiger partial charge is 0.238 e. The number of nitrogens with one attached hydrogen (secondary N) is 1. The first kappa shape index (κ1) is 14.5. The standard InChI is InChI=1S/C17H25N3O/c18-11-13-6-8-15(9-7-13)19-17(21)12-20-10-2-4-14-3-1-5-16(14)20/h6-9,14,16H,1-5,10-12,18H2,(H,19,21). The number of hydrogen-bond acceptors (Lipinski definition) is 3. The van der Waals surface area contributed by atoms with Crippen molar-refractivity contribution in [3.05, 3.63) is 29.8 Å². The lowest BCUT2D eigenvalue weighted by atomic mass is 9.92. The number of piperidine rings is 1. The lowest BCUT2D eigenvalue weighted by Gasteiger charge is -2.37. The average Bonchev–Trinajstić information content (AvgIpc) is 2.97. The molecule has 1 aliphatic carbocycles. The molecule has 4 nitrogen and oxygen atoms in total. The first-order chi connectivity index (χ1) is 10.3. The van der Waals surface area contributed by atoms with E-state index in [9.17, 15) is 4.79 Å². The van der Waals surface area contributed by atoms with Crippen molar-refractivity contribution in [2.45, 2.75) is 44.7 Å². The van der Waals surface area contributed by atoms with E-state index < -0.39 is 0 Å². The van der Waals surface area contributed by atoms with Crippen LogP contribution >= 0.6 is 0 Å². The number of rotatable bonds is 4. The van der Waals surface area contributed by atoms with Gasteiger partial charge in [0.1, 0.15) is 0 Å². The highest BCUT2D eigenvalue weighted by Crippen LogP contribution is 2.36. The summed E-state index contributed by atoms with van der Waals surface area (Å²) < 4.78 is 0. The van der Waals surface area contributed by atoms with Gasteiger partial charge in [0.15, 0.2) is 0 Å². The van der Waals surface area contributed by atoms with Gasteiger partial charge in [-0.05, 0) is 55.8 Å². The van der Waals surface area contributed by atoms with E-state index in [0.717, 1.165) is 23.7 Å². The molecule has 2 aliphatic rings. The Morgan fingerprint density at radius 2 is 1.95 bits per heavy atom. The van der Waals surface area contributed by atoms with E-state index in [1.165, 1.54) is 32.1 Å². The van der Waals surface area contributed by atoms with Gasteiger partial charge in [0.2, 0.25) is 5.91 Å². The number of anilines is 1. The summed E-state index contributed by atoms with van der Waals surface area (Å²) in [6, 6.07) is 8.42. The molecule has 1 aromatic rings. The summed E-state index contributed by atoms with van der Waals surface area (Å²) in [5, 5.41) is 3.00. The Labute approximate surface area is 126 Å². The first-order valence-electron chi connectivity index (χ1n) is 8.09. The molecule has 1 saturated carbocycles. The van der Waals surface area contributed by atoms with Gasteiger partial charge in [0, 0.05) is 18.3 Å². The molecule has 1 heterocycles. The van der Waals surface area contributed by atoms with Crippen LogP contribution in [0.1, 0.15) is 37.7 Å². The monoisotopic (exact) mass is 287 g/mol. The van der Waals surface area contributed by atoms with E-state index in [-0.39, 0.29) is 5.91 Å². The molecule has 1 amide bonds. The summed E-state index contributed by atoms with van der Waals surface area (Å²) in [6.07, 6.45) is 6.53. The Bertz CT molecular complexity index is 485. The molecule has 4 heteroatoms. The van der Waals surface area contributed by atoms with Gasteiger partial charge in [-0.2, -0.15) is 0 Å². The average molecular weight is 287 g/mol. The molecule has 2 atom stereocenters. The molecular formula is C17H25N3O. The molecule has 0 spiro atoms. The molecule has 1 saturated heterocycles. The van der Waals surface area contributed by atoms with Crippen molar-refractivity contribution in [3.8, 4) is 0 Å². The fourth-order valence-electron chi connectivity index (χ4n) is 3.86. The lowest BCUT2D eigenvalue weighted by molar-refractivity contribution is -0.118. The van der Waals surface area contributed by atoms with Crippen molar-refractivity contribution < 1.29 is 4.79 Å². The third-order valence-corrected chi connectivity index (χ3v) is 4.93. The Morgan fingerprint density at radius 1 is 1.19 bits per heavy atom. The highest BCUT2D eigenvalue weighted by molar-refractivity contribution is 5.92. The van der Waals surface area contributed by atoms with Gasteiger partial charge in [-0.1, -0.05) is 18.6 Å². The van der Waals surface area contributed by atoms with E-state index >= 15 is 0 Å². The summed E-state index contributed by atoms with van der Waals surface area (Å²) in [5.41, 5.74) is 7.52. The van der Waals surface area contributed by atoms with Gasteiger partial charge in [-0.3, -0.25) is 9.69 Å². The van der Waals surface area contributed by atoms with Crippen LogP contribution in [0.3, 0.4) is 0 Å². The summed E-state index contributed by atoms with van der Waals surface area (Å²) in [7, 11) is 0. The zero-order valence-electron chi connectivity index (χ0n) is 12.6. The van der Waals surface area contributed by atoms with E-state index in [1.54, 1.807) is 0 Å². The van der Waals surface area contributed by atoms with Crippen LogP contribution in [0.2, 0.25) is 0 Å². The molecule has 114 valence electrons. The number of fused-ring (bicyclic) bond motifs is 1. The normalized spacial score (nSPS) is 25.6. The van der Waals surface area contributed by atoms with Crippen LogP contribution in [0.25, 0.3) is 0 Å². The van der Waals surface area contributed by atoms with Crippen molar-refractivity contribution in [1.29, 1.82) is 0 Å². The van der Waals surface area contributed by atoms with Crippen molar-refractivity contribution in [3.63, 3.8) is 0 Å². The minimum absolute atomic E-state index is 0.100. The molecule has 21 heavy (non-hydrogen) atoms. The van der Waals surface area contributed by atoms with Crippen molar-refractivity contribution in [2.75, 3.05) is 18.4 Å². The van der Waals surface area contributed by atoms with Crippen LogP contribution in [0, 0.1) is 5.92 Å². The molecule has 1 aromatic carbocycles. The van der Waals surface area contributed by atoms with Crippen LogP contribution in [-0.4, -0.2) is 29.9 Å². The van der Waals surface area contributed by atoms with Crippen LogP contribution in [0.15, 0.2) is 24.3 Å². The van der Waals surface area contributed by atoms with Gasteiger partial charge in [-0.25, -0.2) is 0 Å². The first-order valence-corrected chi connectivity index (χ1v) is 8.09. The fraction of sp³-hybridized carbons (Fsp3) is 0.588. The molecule has 3 rings (SSSR count). The topological polar surface area (TPSA) is 58.4 Å². The number of nitrogens with two attached hydrogens (primary N) is 1. The summed E-state index contributed by atoms with van der Waals surface area (Å²) in [4.78, 5) is 14.6. The molecule has 1 aliphatic heterocycles. The van der Waals surface area contributed by atoms with Crippen LogP contribution in [0.4, 0.5) is 5.69 Å². The van der Waals surface area contributed by atoms with Crippen molar-refractivity contribution in [1.82, 2.24) is 4.90 Å². The maximum Gasteiger partial charge on any atom is 0.238 e. The van der Waals surface area contributed by atoms with Crippen LogP contribution in [0.5, 0.6) is 0 Å². The Balaban J connectivity index is 1.55. The van der Waals surface area contributed by atoms with E-state index in [0.29, 0.717) is 19.1 Å². The Hall–Kier alpha value is -1.39. The molecule has 2 unspecified atom stereocenters. The lowest BCUT2D eigenvalue weighted by Crippen LogP contribution is -2.46. The zero-order valence-corrected chi connectivity index (χ0v) is 12.6. The summed E-state index contributed by atoms with van der Waals surface area (Å²) in [6.45, 7) is 2.13. The molecular weight excluding hydrogens is 262 g/mol. The fourth-order valence-corrected chi connectivity index (χ4v) is 3.86. The number of nitrogens with zero attached hydrogens (tertiary/aromatic N) is 1. The second kappa shape index (κ2) is 6.58. The van der Waals surface area contributed by atoms with E-state index in [2.05, 4.69) is 10.2 Å². The second-order valence-corrected chi connectivity index (χ2v) is 6.32. The number of benzene rings is 1. The molecule has 0 aromatic heterocycles. The van der Waals surface area contributed by atoms with Gasteiger partial charge in [0.25, 0.3) is 0 Å². The van der Waals surface area contributed by atoms with Crippen molar-refractivity contribution in [2.24, 2.45) is 11.7 Å². The predicted octanol–water partition coefficient (Wildman–Crippen LogP) is 2.35. The molecule has 2 fully saturated rings. The third-order valence-electron chi connectivity index (χ3n) is 4.93. The highest BCUT2D eigenvalue weighted by Gasteiger charge is 2.35. The minimum Gasteiger partial charge on any atom is -0.326 e. The predicted molar refractivity (Wildman–Crippen MR) is 84.9 cm³/mol. The quantitative estimate of drug-likeness (QED) is 0.893.